The van der Waals surface area contributed by atoms with E-state index in [9.17, 15) is 9.59 Å². The normalized spacial score (nSPS) is 18.6. The molecule has 0 aliphatic carbocycles. The highest BCUT2D eigenvalue weighted by atomic mass is 16.2. The number of hydrogen-bond donors (Lipinski definition) is 1. The third kappa shape index (κ3) is 3.69. The van der Waals surface area contributed by atoms with Crippen molar-refractivity contribution >= 4 is 11.8 Å². The van der Waals surface area contributed by atoms with Crippen LogP contribution in [0, 0.1) is 0 Å². The molecule has 0 saturated carbocycles. The summed E-state index contributed by atoms with van der Waals surface area (Å²) >= 11 is 0. The van der Waals surface area contributed by atoms with E-state index in [-0.39, 0.29) is 17.7 Å². The molecule has 3 heterocycles. The van der Waals surface area contributed by atoms with Gasteiger partial charge in [-0.3, -0.25) is 9.59 Å². The highest BCUT2D eigenvalue weighted by Gasteiger charge is 2.30. The molecule has 0 bridgehead atoms. The summed E-state index contributed by atoms with van der Waals surface area (Å²) in [7, 11) is 0. The number of amides is 2. The fraction of sp³-hybridized carbons (Fsp3) is 0.429. The Kier molecular flexibility index (Phi) is 5.23. The maximum absolute atomic E-state index is 13.0. The Balaban J connectivity index is 1.41. The Morgan fingerprint density at radius 3 is 2.79 bits per heavy atom. The predicted molar refractivity (Wildman–Crippen MR) is 105 cm³/mol. The minimum absolute atomic E-state index is 0.0486. The fourth-order valence-corrected chi connectivity index (χ4v) is 4.06. The molecule has 1 fully saturated rings. The highest BCUT2D eigenvalue weighted by molar-refractivity contribution is 5.94. The van der Waals surface area contributed by atoms with Crippen LogP contribution in [-0.4, -0.2) is 44.6 Å². The van der Waals surface area contributed by atoms with Gasteiger partial charge in [-0.05, 0) is 43.0 Å². The van der Waals surface area contributed by atoms with Crippen LogP contribution in [-0.2, 0) is 24.3 Å². The van der Waals surface area contributed by atoms with Crippen molar-refractivity contribution in [3.05, 3.63) is 59.7 Å². The number of likely N-dealkylation sites (tertiary alicyclic amines) is 1. The summed E-state index contributed by atoms with van der Waals surface area (Å²) in [5.74, 6) is 2.22. The molecule has 1 aromatic heterocycles. The van der Waals surface area contributed by atoms with Crippen molar-refractivity contribution in [3.63, 3.8) is 0 Å². The Morgan fingerprint density at radius 1 is 1.18 bits per heavy atom. The van der Waals surface area contributed by atoms with Gasteiger partial charge < -0.3 is 14.8 Å². The van der Waals surface area contributed by atoms with Crippen LogP contribution in [0.4, 0.5) is 0 Å². The van der Waals surface area contributed by atoms with Crippen molar-refractivity contribution in [1.82, 2.24) is 25.0 Å². The van der Waals surface area contributed by atoms with Crippen LogP contribution in [0.15, 0.2) is 36.9 Å². The molecule has 0 radical (unpaired) electrons. The molecule has 1 N–H and O–H groups in total. The molecule has 1 unspecified atom stereocenters. The van der Waals surface area contributed by atoms with Crippen LogP contribution in [0.3, 0.4) is 0 Å². The van der Waals surface area contributed by atoms with Gasteiger partial charge in [0.15, 0.2) is 0 Å². The summed E-state index contributed by atoms with van der Waals surface area (Å²) in [5.41, 5.74) is 1.62. The Hall–Kier alpha value is -2.96. The second kappa shape index (κ2) is 7.96. The van der Waals surface area contributed by atoms with Gasteiger partial charge in [0.25, 0.3) is 5.91 Å². The van der Waals surface area contributed by atoms with Crippen LogP contribution in [0.25, 0.3) is 0 Å². The highest BCUT2D eigenvalue weighted by Crippen LogP contribution is 2.29. The lowest BCUT2D eigenvalue weighted by Crippen LogP contribution is -2.39. The molecule has 2 aliphatic heterocycles. The largest absolute Gasteiger partial charge is 0.348 e. The van der Waals surface area contributed by atoms with Crippen molar-refractivity contribution in [2.24, 2.45) is 0 Å². The van der Waals surface area contributed by atoms with Crippen molar-refractivity contribution in [2.75, 3.05) is 13.1 Å². The third-order valence-corrected chi connectivity index (χ3v) is 5.56. The number of fused-ring (bicyclic) bond motifs is 1. The van der Waals surface area contributed by atoms with Gasteiger partial charge in [-0.25, -0.2) is 0 Å². The fourth-order valence-electron chi connectivity index (χ4n) is 4.06. The molecule has 1 aromatic carbocycles. The van der Waals surface area contributed by atoms with Crippen molar-refractivity contribution in [3.8, 4) is 0 Å². The number of nitrogens with zero attached hydrogens (tertiary/aromatic N) is 4. The van der Waals surface area contributed by atoms with Gasteiger partial charge in [0, 0.05) is 44.1 Å². The maximum Gasteiger partial charge on any atom is 0.253 e. The van der Waals surface area contributed by atoms with Crippen LogP contribution >= 0.6 is 0 Å². The maximum atomic E-state index is 13.0. The number of nitrogens with one attached hydrogen (secondary N) is 1. The smallest absolute Gasteiger partial charge is 0.253 e. The number of rotatable bonds is 5. The summed E-state index contributed by atoms with van der Waals surface area (Å²) in [4.78, 5) is 26.2. The molecule has 2 aromatic rings. The molecule has 28 heavy (non-hydrogen) atoms. The van der Waals surface area contributed by atoms with Crippen LogP contribution in [0.5, 0.6) is 0 Å². The minimum Gasteiger partial charge on any atom is -0.348 e. The first-order valence-electron chi connectivity index (χ1n) is 9.86. The van der Waals surface area contributed by atoms with Crippen molar-refractivity contribution in [2.45, 2.75) is 44.7 Å². The van der Waals surface area contributed by atoms with Gasteiger partial charge in [0.05, 0.1) is 0 Å². The van der Waals surface area contributed by atoms with Crippen molar-refractivity contribution < 1.29 is 9.59 Å². The van der Waals surface area contributed by atoms with E-state index in [4.69, 9.17) is 0 Å². The lowest BCUT2D eigenvalue weighted by molar-refractivity contribution is -0.116. The zero-order valence-electron chi connectivity index (χ0n) is 15.9. The standard InChI is InChI=1S/C21H25N5O2/c1-2-19(27)22-13-15-7-9-16(10-8-15)21(28)25-11-3-5-17(14-25)20-24-23-18-6-4-12-26(18)20/h2,7-10,17H,1,3-6,11-14H2,(H,22,27). The minimum atomic E-state index is -0.209. The van der Waals surface area contributed by atoms with E-state index in [1.54, 1.807) is 0 Å². The van der Waals surface area contributed by atoms with E-state index in [0.717, 1.165) is 56.0 Å². The zero-order valence-corrected chi connectivity index (χ0v) is 15.9. The summed E-state index contributed by atoms with van der Waals surface area (Å²) in [6.07, 6.45) is 5.40. The number of carbonyl (C=O) groups is 2. The second-order valence-corrected chi connectivity index (χ2v) is 7.44. The lowest BCUT2D eigenvalue weighted by Gasteiger charge is -2.32. The van der Waals surface area contributed by atoms with E-state index in [2.05, 4.69) is 26.7 Å². The van der Waals surface area contributed by atoms with E-state index in [1.807, 2.05) is 29.2 Å². The third-order valence-electron chi connectivity index (χ3n) is 5.56. The summed E-state index contributed by atoms with van der Waals surface area (Å²) in [6, 6.07) is 7.42. The summed E-state index contributed by atoms with van der Waals surface area (Å²) in [5, 5.41) is 11.5. The molecule has 7 heteroatoms. The van der Waals surface area contributed by atoms with Crippen LogP contribution in [0.1, 0.15) is 52.8 Å². The van der Waals surface area contributed by atoms with E-state index in [0.29, 0.717) is 18.7 Å². The number of aromatic nitrogens is 3. The van der Waals surface area contributed by atoms with E-state index < -0.39 is 0 Å². The van der Waals surface area contributed by atoms with Crippen molar-refractivity contribution in [1.29, 1.82) is 0 Å². The molecule has 4 rings (SSSR count). The van der Waals surface area contributed by atoms with Gasteiger partial charge in [-0.1, -0.05) is 18.7 Å². The number of carbonyl (C=O) groups excluding carboxylic acids is 2. The van der Waals surface area contributed by atoms with Gasteiger partial charge in [-0.2, -0.15) is 0 Å². The predicted octanol–water partition coefficient (Wildman–Crippen LogP) is 2.05. The second-order valence-electron chi connectivity index (χ2n) is 7.44. The molecular weight excluding hydrogens is 354 g/mol. The monoisotopic (exact) mass is 379 g/mol. The molecule has 2 aliphatic rings. The Morgan fingerprint density at radius 2 is 2.00 bits per heavy atom. The Labute approximate surface area is 164 Å². The molecule has 146 valence electrons. The SMILES string of the molecule is C=CC(=O)NCc1ccc(C(=O)N2CCCC(c3nnc4n3CCC4)C2)cc1. The van der Waals surface area contributed by atoms with Gasteiger partial charge in [0.1, 0.15) is 11.6 Å². The number of aryl methyl sites for hydroxylation is 1. The molecule has 0 spiro atoms. The average Bonchev–Trinajstić information content (AvgIpc) is 3.36. The van der Waals surface area contributed by atoms with Crippen LogP contribution in [0.2, 0.25) is 0 Å². The quantitative estimate of drug-likeness (QED) is 0.807. The van der Waals surface area contributed by atoms with Gasteiger partial charge in [0.2, 0.25) is 5.91 Å². The molecule has 1 atom stereocenters. The van der Waals surface area contributed by atoms with Gasteiger partial charge >= 0.3 is 0 Å². The number of benzene rings is 1. The average molecular weight is 379 g/mol. The van der Waals surface area contributed by atoms with Gasteiger partial charge in [-0.15, -0.1) is 10.2 Å². The number of hydrogen-bond acceptors (Lipinski definition) is 4. The molecule has 7 nitrogen and oxygen atoms in total. The first-order chi connectivity index (χ1) is 13.7. The molecular formula is C21H25N5O2. The number of piperidine rings is 1. The molecule has 1 saturated heterocycles. The van der Waals surface area contributed by atoms with E-state index in [1.165, 1.54) is 6.08 Å². The van der Waals surface area contributed by atoms with Crippen LogP contribution < -0.4 is 5.32 Å². The zero-order chi connectivity index (χ0) is 19.5. The summed E-state index contributed by atoms with van der Waals surface area (Å²) in [6.45, 7) is 6.31. The molecule has 2 amide bonds. The topological polar surface area (TPSA) is 80.1 Å². The first kappa shape index (κ1) is 18.4. The lowest BCUT2D eigenvalue weighted by atomic mass is 9.96. The first-order valence-corrected chi connectivity index (χ1v) is 9.86. The van der Waals surface area contributed by atoms with E-state index >= 15 is 0 Å². The Bertz CT molecular complexity index is 887. The summed E-state index contributed by atoms with van der Waals surface area (Å²) < 4.78 is 2.24.